The van der Waals surface area contributed by atoms with Crippen LogP contribution in [0.15, 0.2) is 59.0 Å². The Kier molecular flexibility index (Phi) is 6.70. The molecule has 144 valence electrons. The summed E-state index contributed by atoms with van der Waals surface area (Å²) >= 11 is 0. The maximum Gasteiger partial charge on any atom is 0.226 e. The molecule has 0 saturated carbocycles. The molecule has 0 unspecified atom stereocenters. The summed E-state index contributed by atoms with van der Waals surface area (Å²) in [6, 6.07) is 17.4. The number of aryl methyl sites for hydroxylation is 1. The molecule has 0 spiro atoms. The van der Waals surface area contributed by atoms with Crippen molar-refractivity contribution in [2.45, 2.75) is 19.9 Å². The van der Waals surface area contributed by atoms with Crippen LogP contribution in [0.1, 0.15) is 17.0 Å². The Bertz CT molecular complexity index is 935. The second kappa shape index (κ2) is 9.62. The van der Waals surface area contributed by atoms with Crippen molar-refractivity contribution in [2.24, 2.45) is 0 Å². The minimum atomic E-state index is -0.467. The highest BCUT2D eigenvalue weighted by molar-refractivity contribution is 6.25. The lowest BCUT2D eigenvalue weighted by molar-refractivity contribution is -0.129. The van der Waals surface area contributed by atoms with Gasteiger partial charge >= 0.3 is 0 Å². The van der Waals surface area contributed by atoms with Crippen molar-refractivity contribution in [3.8, 4) is 17.2 Å². The minimum Gasteiger partial charge on any atom is -0.493 e. The van der Waals surface area contributed by atoms with Gasteiger partial charge < -0.3 is 14.5 Å². The van der Waals surface area contributed by atoms with Crippen LogP contribution in [-0.2, 0) is 22.6 Å². The second-order valence-corrected chi connectivity index (χ2v) is 6.32. The number of carbonyl (C=O) groups excluding carboxylic acids is 2. The van der Waals surface area contributed by atoms with Gasteiger partial charge in [0.05, 0.1) is 18.8 Å². The van der Waals surface area contributed by atoms with Crippen molar-refractivity contribution in [1.82, 2.24) is 10.3 Å². The summed E-state index contributed by atoms with van der Waals surface area (Å²) in [6.07, 6.45) is 0.958. The third-order valence-corrected chi connectivity index (χ3v) is 4.18. The lowest BCUT2D eigenvalue weighted by Crippen LogP contribution is -2.23. The molecule has 0 atom stereocenters. The molecule has 0 aliphatic heterocycles. The maximum atomic E-state index is 11.0. The van der Waals surface area contributed by atoms with Crippen LogP contribution in [0, 0.1) is 6.92 Å². The molecule has 0 radical (unpaired) electrons. The normalized spacial score (nSPS) is 10.6. The zero-order valence-corrected chi connectivity index (χ0v) is 15.7. The third kappa shape index (κ3) is 5.37. The molecule has 28 heavy (non-hydrogen) atoms. The second-order valence-electron chi connectivity index (χ2n) is 6.32. The number of oxazole rings is 1. The van der Waals surface area contributed by atoms with Crippen LogP contribution in [0.5, 0.6) is 5.75 Å². The lowest BCUT2D eigenvalue weighted by Gasteiger charge is -2.08. The maximum absolute atomic E-state index is 11.0. The monoisotopic (exact) mass is 378 g/mol. The minimum absolute atomic E-state index is 0.0315. The fourth-order valence-electron chi connectivity index (χ4n) is 2.75. The zero-order valence-electron chi connectivity index (χ0n) is 15.7. The smallest absolute Gasteiger partial charge is 0.226 e. The van der Waals surface area contributed by atoms with E-state index in [1.807, 2.05) is 61.5 Å². The van der Waals surface area contributed by atoms with E-state index in [1.165, 1.54) is 0 Å². The van der Waals surface area contributed by atoms with E-state index in [0.717, 1.165) is 28.3 Å². The number of carbonyl (C=O) groups is 2. The van der Waals surface area contributed by atoms with Gasteiger partial charge in [0.2, 0.25) is 11.7 Å². The third-order valence-electron chi connectivity index (χ3n) is 4.18. The van der Waals surface area contributed by atoms with Crippen molar-refractivity contribution in [2.75, 3.05) is 13.2 Å². The van der Waals surface area contributed by atoms with Crippen molar-refractivity contribution in [3.63, 3.8) is 0 Å². The van der Waals surface area contributed by atoms with Crippen molar-refractivity contribution in [1.29, 1.82) is 0 Å². The summed E-state index contributed by atoms with van der Waals surface area (Å²) in [4.78, 5) is 25.9. The number of aromatic nitrogens is 1. The average molecular weight is 378 g/mol. The van der Waals surface area contributed by atoms with Gasteiger partial charge in [0.15, 0.2) is 6.29 Å². The van der Waals surface area contributed by atoms with E-state index < -0.39 is 5.78 Å². The molecule has 1 aromatic heterocycles. The van der Waals surface area contributed by atoms with Gasteiger partial charge in [0.25, 0.3) is 0 Å². The number of ether oxygens (including phenoxy) is 1. The molecule has 1 heterocycles. The van der Waals surface area contributed by atoms with E-state index in [0.29, 0.717) is 31.7 Å². The van der Waals surface area contributed by atoms with Gasteiger partial charge in [-0.1, -0.05) is 30.3 Å². The molecule has 3 aromatic rings. The van der Waals surface area contributed by atoms with Gasteiger partial charge in [-0.05, 0) is 36.8 Å². The average Bonchev–Trinajstić information content (AvgIpc) is 3.09. The van der Waals surface area contributed by atoms with Gasteiger partial charge in [0, 0.05) is 18.5 Å². The summed E-state index contributed by atoms with van der Waals surface area (Å²) < 4.78 is 11.6. The molecule has 3 rings (SSSR count). The Balaban J connectivity index is 1.52. The first-order valence-corrected chi connectivity index (χ1v) is 9.08. The molecule has 2 aromatic carbocycles. The van der Waals surface area contributed by atoms with Gasteiger partial charge in [0.1, 0.15) is 11.5 Å². The predicted molar refractivity (Wildman–Crippen MR) is 105 cm³/mol. The largest absolute Gasteiger partial charge is 0.493 e. The highest BCUT2D eigenvalue weighted by Crippen LogP contribution is 2.22. The Morgan fingerprint density at radius 1 is 1.18 bits per heavy atom. The van der Waals surface area contributed by atoms with E-state index >= 15 is 0 Å². The SMILES string of the molecule is Cc1oc(-c2ccccc2)nc1CCOc1cccc(CNCC(=O)C=O)c1. The summed E-state index contributed by atoms with van der Waals surface area (Å²) in [5, 5.41) is 2.93. The van der Waals surface area contributed by atoms with Gasteiger partial charge in [-0.25, -0.2) is 4.98 Å². The van der Waals surface area contributed by atoms with Crippen molar-refractivity contribution in [3.05, 3.63) is 71.6 Å². The topological polar surface area (TPSA) is 81.4 Å². The number of nitrogens with zero attached hydrogens (tertiary/aromatic N) is 1. The molecule has 0 aliphatic rings. The molecule has 6 heteroatoms. The fraction of sp³-hybridized carbons (Fsp3) is 0.227. The van der Waals surface area contributed by atoms with E-state index in [-0.39, 0.29) is 6.54 Å². The molecular formula is C22H22N2O4. The van der Waals surface area contributed by atoms with Crippen LogP contribution in [0.4, 0.5) is 0 Å². The summed E-state index contributed by atoms with van der Waals surface area (Å²) in [6.45, 7) is 2.90. The Morgan fingerprint density at radius 3 is 2.79 bits per heavy atom. The van der Waals surface area contributed by atoms with E-state index in [4.69, 9.17) is 9.15 Å². The van der Waals surface area contributed by atoms with Crippen molar-refractivity contribution < 1.29 is 18.7 Å². The lowest BCUT2D eigenvalue weighted by atomic mass is 10.2. The number of hydrogen-bond donors (Lipinski definition) is 1. The van der Waals surface area contributed by atoms with Crippen LogP contribution >= 0.6 is 0 Å². The molecule has 6 nitrogen and oxygen atoms in total. The Morgan fingerprint density at radius 2 is 2.00 bits per heavy atom. The van der Waals surface area contributed by atoms with Crippen LogP contribution < -0.4 is 10.1 Å². The number of Topliss-reactive ketones (excluding diaryl/α,β-unsaturated/α-hetero) is 1. The first kappa shape index (κ1) is 19.5. The molecule has 0 bridgehead atoms. The molecule has 0 saturated heterocycles. The Labute approximate surface area is 163 Å². The Hall–Kier alpha value is -3.25. The highest BCUT2D eigenvalue weighted by Gasteiger charge is 2.11. The number of rotatable bonds is 10. The number of benzene rings is 2. The van der Waals surface area contributed by atoms with Crippen LogP contribution in [0.3, 0.4) is 0 Å². The summed E-state index contributed by atoms with van der Waals surface area (Å²) in [7, 11) is 0. The van der Waals surface area contributed by atoms with E-state index in [2.05, 4.69) is 10.3 Å². The molecule has 0 amide bonds. The highest BCUT2D eigenvalue weighted by atomic mass is 16.5. The standard InChI is InChI=1S/C22H22N2O4/c1-16-21(24-22(28-16)18-7-3-2-4-8-18)10-11-27-20-9-5-6-17(12-20)13-23-14-19(26)15-25/h2-9,12,15,23H,10-11,13-14H2,1H3. The van der Waals surface area contributed by atoms with Gasteiger partial charge in [-0.15, -0.1) is 0 Å². The molecule has 0 fully saturated rings. The number of aldehydes is 1. The predicted octanol–water partition coefficient (Wildman–Crippen LogP) is 3.13. The van der Waals surface area contributed by atoms with Crippen molar-refractivity contribution >= 4 is 12.1 Å². The first-order chi connectivity index (χ1) is 13.7. The summed E-state index contributed by atoms with van der Waals surface area (Å²) in [5.41, 5.74) is 2.80. The quantitative estimate of drug-likeness (QED) is 0.431. The van der Waals surface area contributed by atoms with Gasteiger partial charge in [-0.3, -0.25) is 9.59 Å². The van der Waals surface area contributed by atoms with E-state index in [9.17, 15) is 9.59 Å². The molecular weight excluding hydrogens is 356 g/mol. The van der Waals surface area contributed by atoms with Crippen LogP contribution in [0.2, 0.25) is 0 Å². The molecule has 1 N–H and O–H groups in total. The zero-order chi connectivity index (χ0) is 19.8. The fourth-order valence-corrected chi connectivity index (χ4v) is 2.75. The summed E-state index contributed by atoms with van der Waals surface area (Å²) in [5.74, 6) is 1.68. The van der Waals surface area contributed by atoms with Gasteiger partial charge in [-0.2, -0.15) is 0 Å². The number of nitrogens with one attached hydrogen (secondary N) is 1. The van der Waals surface area contributed by atoms with Crippen LogP contribution in [0.25, 0.3) is 11.5 Å². The first-order valence-electron chi connectivity index (χ1n) is 9.08. The molecule has 0 aliphatic carbocycles. The number of hydrogen-bond acceptors (Lipinski definition) is 6. The van der Waals surface area contributed by atoms with Crippen LogP contribution in [-0.4, -0.2) is 30.2 Å². The van der Waals surface area contributed by atoms with E-state index in [1.54, 1.807) is 0 Å². The number of ketones is 1.